The van der Waals surface area contributed by atoms with E-state index in [4.69, 9.17) is 0 Å². The Kier molecular flexibility index (Phi) is 3.23. The number of halogens is 1. The van der Waals surface area contributed by atoms with Gasteiger partial charge >= 0.3 is 0 Å². The highest BCUT2D eigenvalue weighted by Crippen LogP contribution is 2.47. The second-order valence-corrected chi connectivity index (χ2v) is 7.49. The van der Waals surface area contributed by atoms with Crippen LogP contribution in [0.15, 0.2) is 53.0 Å². The molecule has 27 heavy (non-hydrogen) atoms. The van der Waals surface area contributed by atoms with Crippen molar-refractivity contribution in [2.75, 3.05) is 15.5 Å². The van der Waals surface area contributed by atoms with Crippen molar-refractivity contribution >= 4 is 44.9 Å². The molecule has 134 valence electrons. The van der Waals surface area contributed by atoms with E-state index >= 15 is 0 Å². The number of hydrogen-bond donors (Lipinski definition) is 3. The molecule has 0 aliphatic carbocycles. The lowest BCUT2D eigenvalue weighted by atomic mass is 9.93. The van der Waals surface area contributed by atoms with Crippen LogP contribution in [0.2, 0.25) is 0 Å². The fourth-order valence-corrected chi connectivity index (χ4v) is 4.06. The van der Waals surface area contributed by atoms with E-state index in [9.17, 15) is 9.59 Å². The second kappa shape index (κ2) is 5.43. The van der Waals surface area contributed by atoms with Gasteiger partial charge in [-0.1, -0.05) is 28.1 Å². The molecule has 1 aromatic heterocycles. The number of nitrogens with one attached hydrogen (secondary N) is 3. The molecule has 5 rings (SSSR count). The van der Waals surface area contributed by atoms with Gasteiger partial charge in [-0.15, -0.1) is 0 Å². The highest BCUT2D eigenvalue weighted by Gasteiger charge is 2.57. The zero-order chi connectivity index (χ0) is 18.8. The van der Waals surface area contributed by atoms with E-state index in [1.165, 1.54) is 4.90 Å². The fourth-order valence-electron chi connectivity index (χ4n) is 3.70. The van der Waals surface area contributed by atoms with E-state index in [2.05, 4.69) is 36.8 Å². The summed E-state index contributed by atoms with van der Waals surface area (Å²) in [6.45, 7) is 1.85. The molecular formula is C19H14BrN5O2. The molecule has 3 aromatic rings. The van der Waals surface area contributed by atoms with Crippen molar-refractivity contribution in [3.63, 3.8) is 0 Å². The number of hydrogen-bond acceptors (Lipinski definition) is 4. The summed E-state index contributed by atoms with van der Waals surface area (Å²) >= 11 is 3.47. The Hall–Kier alpha value is -3.13. The zero-order valence-corrected chi connectivity index (χ0v) is 15.8. The number of H-pyrrole nitrogens is 1. The Morgan fingerprint density at radius 3 is 2.67 bits per heavy atom. The Morgan fingerprint density at radius 1 is 1.07 bits per heavy atom. The van der Waals surface area contributed by atoms with E-state index in [-0.39, 0.29) is 11.8 Å². The van der Waals surface area contributed by atoms with Gasteiger partial charge in [0.25, 0.3) is 11.8 Å². The Morgan fingerprint density at radius 2 is 1.89 bits per heavy atom. The number of aryl methyl sites for hydroxylation is 1. The monoisotopic (exact) mass is 423 g/mol. The second-order valence-electron chi connectivity index (χ2n) is 6.57. The van der Waals surface area contributed by atoms with Crippen molar-refractivity contribution in [2.45, 2.75) is 12.6 Å². The number of carbonyl (C=O) groups excluding carboxylic acids is 2. The van der Waals surface area contributed by atoms with Crippen molar-refractivity contribution in [1.29, 1.82) is 0 Å². The van der Waals surface area contributed by atoms with Crippen LogP contribution in [-0.2, 0) is 10.5 Å². The summed E-state index contributed by atoms with van der Waals surface area (Å²) in [5.41, 5.74) is 1.77. The van der Waals surface area contributed by atoms with Crippen LogP contribution >= 0.6 is 15.9 Å². The Labute approximate surface area is 162 Å². The number of para-hydroxylation sites is 1. The maximum atomic E-state index is 13.5. The van der Waals surface area contributed by atoms with Gasteiger partial charge in [0.2, 0.25) is 5.66 Å². The van der Waals surface area contributed by atoms with Crippen molar-refractivity contribution in [2.24, 2.45) is 0 Å². The van der Waals surface area contributed by atoms with Gasteiger partial charge in [-0.2, -0.15) is 5.10 Å². The lowest BCUT2D eigenvalue weighted by molar-refractivity contribution is -0.119. The van der Waals surface area contributed by atoms with E-state index in [1.807, 2.05) is 31.2 Å². The maximum Gasteiger partial charge on any atom is 0.276 e. The normalized spacial score (nSPS) is 20.3. The number of carbonyl (C=O) groups is 2. The first kappa shape index (κ1) is 16.1. The highest BCUT2D eigenvalue weighted by atomic mass is 79.9. The molecule has 8 heteroatoms. The number of nitrogens with zero attached hydrogens (tertiary/aromatic N) is 2. The minimum absolute atomic E-state index is 0.293. The molecule has 7 nitrogen and oxygen atoms in total. The van der Waals surface area contributed by atoms with Crippen LogP contribution in [0.25, 0.3) is 0 Å². The molecule has 3 heterocycles. The smallest absolute Gasteiger partial charge is 0.276 e. The predicted molar refractivity (Wildman–Crippen MR) is 105 cm³/mol. The molecule has 0 radical (unpaired) electrons. The van der Waals surface area contributed by atoms with Crippen molar-refractivity contribution in [3.8, 4) is 0 Å². The average Bonchev–Trinajstić information content (AvgIpc) is 3.18. The molecule has 2 aromatic carbocycles. The van der Waals surface area contributed by atoms with Crippen molar-refractivity contribution in [3.05, 3.63) is 69.8 Å². The van der Waals surface area contributed by atoms with Gasteiger partial charge in [0.05, 0.1) is 5.56 Å². The maximum absolute atomic E-state index is 13.5. The summed E-state index contributed by atoms with van der Waals surface area (Å²) in [6.07, 6.45) is 0. The van der Waals surface area contributed by atoms with E-state index in [0.29, 0.717) is 28.3 Å². The van der Waals surface area contributed by atoms with E-state index < -0.39 is 5.66 Å². The van der Waals surface area contributed by atoms with Gasteiger partial charge in [-0.3, -0.25) is 19.6 Å². The molecule has 1 spiro atoms. The first-order chi connectivity index (χ1) is 13.0. The largest absolute Gasteiger partial charge is 0.350 e. The number of amides is 2. The fraction of sp³-hybridized carbons (Fsp3) is 0.105. The lowest BCUT2D eigenvalue weighted by Crippen LogP contribution is -2.62. The van der Waals surface area contributed by atoms with E-state index in [1.54, 1.807) is 24.3 Å². The standard InChI is InChI=1S/C19H14BrN5O2/c1-10-8-16(24-23-10)25-17(26)12-4-2-3-5-14(12)22-19(25)13-9-11(20)6-7-15(13)21-18(19)27/h2-9,22H,1H3,(H,21,27)(H,23,24). The topological polar surface area (TPSA) is 90.1 Å². The van der Waals surface area contributed by atoms with Gasteiger partial charge in [0, 0.05) is 33.2 Å². The van der Waals surface area contributed by atoms with Crippen LogP contribution in [0, 0.1) is 6.92 Å². The van der Waals surface area contributed by atoms with Crippen LogP contribution in [-0.4, -0.2) is 22.0 Å². The van der Waals surface area contributed by atoms with Crippen LogP contribution in [0.4, 0.5) is 17.2 Å². The highest BCUT2D eigenvalue weighted by molar-refractivity contribution is 9.10. The van der Waals surface area contributed by atoms with Crippen molar-refractivity contribution < 1.29 is 9.59 Å². The number of fused-ring (bicyclic) bond motifs is 3. The minimum atomic E-state index is -1.42. The molecule has 2 aliphatic heterocycles. The zero-order valence-electron chi connectivity index (χ0n) is 14.2. The summed E-state index contributed by atoms with van der Waals surface area (Å²) < 4.78 is 0.809. The van der Waals surface area contributed by atoms with Crippen LogP contribution in [0.5, 0.6) is 0 Å². The summed E-state index contributed by atoms with van der Waals surface area (Å²) in [6, 6.07) is 14.4. The van der Waals surface area contributed by atoms with Gasteiger partial charge in [-0.05, 0) is 37.3 Å². The van der Waals surface area contributed by atoms with Crippen LogP contribution in [0.1, 0.15) is 21.6 Å². The SMILES string of the molecule is Cc1cc(N2C(=O)c3ccccc3NC23C(=O)Nc2ccc(Br)cc23)n[nH]1. The first-order valence-corrected chi connectivity index (χ1v) is 9.15. The molecular weight excluding hydrogens is 410 g/mol. The molecule has 0 bridgehead atoms. The van der Waals surface area contributed by atoms with Gasteiger partial charge in [-0.25, -0.2) is 0 Å². The van der Waals surface area contributed by atoms with Gasteiger partial charge < -0.3 is 10.6 Å². The molecule has 1 unspecified atom stereocenters. The summed E-state index contributed by atoms with van der Waals surface area (Å²) in [5, 5.41) is 13.3. The van der Waals surface area contributed by atoms with Crippen LogP contribution < -0.4 is 15.5 Å². The third kappa shape index (κ3) is 2.10. The molecule has 3 N–H and O–H groups in total. The summed E-state index contributed by atoms with van der Waals surface area (Å²) in [5.74, 6) is -0.250. The Bertz CT molecular complexity index is 1120. The van der Waals surface area contributed by atoms with Gasteiger partial charge in [0.1, 0.15) is 0 Å². The molecule has 0 saturated carbocycles. The third-order valence-electron chi connectivity index (χ3n) is 4.88. The van der Waals surface area contributed by atoms with Crippen molar-refractivity contribution in [1.82, 2.24) is 10.2 Å². The average molecular weight is 424 g/mol. The quantitative estimate of drug-likeness (QED) is 0.559. The Balaban J connectivity index is 1.83. The minimum Gasteiger partial charge on any atom is -0.350 e. The van der Waals surface area contributed by atoms with Gasteiger partial charge in [0.15, 0.2) is 5.82 Å². The number of rotatable bonds is 1. The molecule has 0 saturated heterocycles. The summed E-state index contributed by atoms with van der Waals surface area (Å²) in [7, 11) is 0. The first-order valence-electron chi connectivity index (χ1n) is 8.36. The molecule has 1 atom stereocenters. The number of anilines is 3. The number of benzene rings is 2. The van der Waals surface area contributed by atoms with Crippen LogP contribution in [0.3, 0.4) is 0 Å². The molecule has 2 aliphatic rings. The molecule has 2 amide bonds. The predicted octanol–water partition coefficient (Wildman–Crippen LogP) is 3.36. The molecule has 0 fully saturated rings. The summed E-state index contributed by atoms with van der Waals surface area (Å²) in [4.78, 5) is 28.1. The number of aromatic nitrogens is 2. The lowest BCUT2D eigenvalue weighted by Gasteiger charge is -2.43. The van der Waals surface area contributed by atoms with E-state index in [0.717, 1.165) is 10.2 Å². The third-order valence-corrected chi connectivity index (χ3v) is 5.37. The number of aromatic amines is 1.